The molecule has 1 atom stereocenters. The smallest absolute Gasteiger partial charge is 0.0537 e. The van der Waals surface area contributed by atoms with Crippen LogP contribution in [-0.4, -0.2) is 21.5 Å². The molecule has 0 saturated heterocycles. The Labute approximate surface area is 65.6 Å². The number of hydrogen-bond donors (Lipinski definition) is 2. The number of aliphatic hydroxyl groups is 1. The Bertz CT molecular complexity index is 221. The molecule has 4 nitrogen and oxygen atoms in total. The standard InChI is InChI=1S/C7H13N3O/c1-10-5-6(4-9-10)7(8)2-3-11/h4-5,7,11H,2-3,8H2,1H3/t7-/m0/s1. The lowest BCUT2D eigenvalue weighted by Gasteiger charge is -2.04. The maximum absolute atomic E-state index is 8.60. The van der Waals surface area contributed by atoms with Gasteiger partial charge < -0.3 is 10.8 Å². The van der Waals surface area contributed by atoms with Crippen LogP contribution < -0.4 is 5.73 Å². The van der Waals surface area contributed by atoms with E-state index in [1.807, 2.05) is 13.2 Å². The largest absolute Gasteiger partial charge is 0.396 e. The molecule has 11 heavy (non-hydrogen) atoms. The topological polar surface area (TPSA) is 64.1 Å². The Hall–Kier alpha value is -0.870. The summed E-state index contributed by atoms with van der Waals surface area (Å²) in [5, 5.41) is 12.6. The lowest BCUT2D eigenvalue weighted by Crippen LogP contribution is -2.10. The van der Waals surface area contributed by atoms with E-state index in [0.717, 1.165) is 5.56 Å². The summed E-state index contributed by atoms with van der Waals surface area (Å²) in [5.41, 5.74) is 6.68. The molecular weight excluding hydrogens is 142 g/mol. The lowest BCUT2D eigenvalue weighted by atomic mass is 10.1. The third kappa shape index (κ3) is 2.03. The first kappa shape index (κ1) is 8.23. The first-order valence-electron chi connectivity index (χ1n) is 3.59. The number of aliphatic hydroxyl groups excluding tert-OH is 1. The van der Waals surface area contributed by atoms with Crippen LogP contribution in [0, 0.1) is 0 Å². The first-order valence-corrected chi connectivity index (χ1v) is 3.59. The Morgan fingerprint density at radius 3 is 3.00 bits per heavy atom. The summed E-state index contributed by atoms with van der Waals surface area (Å²) in [6.45, 7) is 0.121. The highest BCUT2D eigenvalue weighted by atomic mass is 16.3. The van der Waals surface area contributed by atoms with Crippen molar-refractivity contribution in [3.8, 4) is 0 Å². The summed E-state index contributed by atoms with van der Waals surface area (Å²) >= 11 is 0. The van der Waals surface area contributed by atoms with Gasteiger partial charge in [0.2, 0.25) is 0 Å². The van der Waals surface area contributed by atoms with Gasteiger partial charge in [-0.3, -0.25) is 4.68 Å². The summed E-state index contributed by atoms with van der Waals surface area (Å²) in [4.78, 5) is 0. The van der Waals surface area contributed by atoms with E-state index < -0.39 is 0 Å². The summed E-state index contributed by atoms with van der Waals surface area (Å²) in [7, 11) is 1.84. The van der Waals surface area contributed by atoms with Gasteiger partial charge in [0.1, 0.15) is 0 Å². The van der Waals surface area contributed by atoms with Crippen molar-refractivity contribution in [1.29, 1.82) is 0 Å². The van der Waals surface area contributed by atoms with Gasteiger partial charge in [-0.15, -0.1) is 0 Å². The average molecular weight is 155 g/mol. The molecule has 0 aliphatic carbocycles. The SMILES string of the molecule is Cn1cc([C@@H](N)CCO)cn1. The molecule has 0 spiro atoms. The van der Waals surface area contributed by atoms with Crippen LogP contribution in [0.15, 0.2) is 12.4 Å². The molecule has 1 aromatic rings. The molecule has 0 aliphatic rings. The Morgan fingerprint density at radius 1 is 1.82 bits per heavy atom. The summed E-state index contributed by atoms with van der Waals surface area (Å²) in [6.07, 6.45) is 4.17. The van der Waals surface area contributed by atoms with Crippen LogP contribution in [0.5, 0.6) is 0 Å². The number of rotatable bonds is 3. The van der Waals surface area contributed by atoms with Crippen LogP contribution in [0.2, 0.25) is 0 Å². The zero-order valence-corrected chi connectivity index (χ0v) is 6.57. The molecule has 0 fully saturated rings. The van der Waals surface area contributed by atoms with Crippen molar-refractivity contribution in [3.63, 3.8) is 0 Å². The molecule has 1 rings (SSSR count). The molecule has 62 valence electrons. The zero-order chi connectivity index (χ0) is 8.27. The van der Waals surface area contributed by atoms with Crippen LogP contribution in [0.1, 0.15) is 18.0 Å². The Kier molecular flexibility index (Phi) is 2.62. The molecule has 0 bridgehead atoms. The molecule has 0 aliphatic heterocycles. The summed E-state index contributed by atoms with van der Waals surface area (Å²) in [6, 6.07) is -0.0892. The van der Waals surface area contributed by atoms with E-state index in [1.54, 1.807) is 10.9 Å². The van der Waals surface area contributed by atoms with Gasteiger partial charge in [0.15, 0.2) is 0 Å². The van der Waals surface area contributed by atoms with Gasteiger partial charge in [-0.05, 0) is 6.42 Å². The Balaban J connectivity index is 2.60. The summed E-state index contributed by atoms with van der Waals surface area (Å²) in [5.74, 6) is 0. The molecule has 0 aromatic carbocycles. The van der Waals surface area contributed by atoms with E-state index in [1.165, 1.54) is 0 Å². The molecule has 0 radical (unpaired) electrons. The van der Waals surface area contributed by atoms with Crippen molar-refractivity contribution >= 4 is 0 Å². The second-order valence-corrected chi connectivity index (χ2v) is 2.57. The number of aryl methyl sites for hydroxylation is 1. The van der Waals surface area contributed by atoms with Gasteiger partial charge in [0.05, 0.1) is 6.20 Å². The van der Waals surface area contributed by atoms with E-state index in [9.17, 15) is 0 Å². The van der Waals surface area contributed by atoms with Crippen LogP contribution in [0.4, 0.5) is 0 Å². The minimum Gasteiger partial charge on any atom is -0.396 e. The number of nitrogens with two attached hydrogens (primary N) is 1. The van der Waals surface area contributed by atoms with E-state index in [0.29, 0.717) is 6.42 Å². The predicted octanol–water partition coefficient (Wildman–Crippen LogP) is -0.198. The van der Waals surface area contributed by atoms with Crippen molar-refractivity contribution in [3.05, 3.63) is 18.0 Å². The first-order chi connectivity index (χ1) is 5.24. The van der Waals surface area contributed by atoms with Gasteiger partial charge in [-0.2, -0.15) is 5.10 Å². The van der Waals surface area contributed by atoms with Gasteiger partial charge in [0, 0.05) is 31.5 Å². The molecule has 0 saturated carbocycles. The maximum atomic E-state index is 8.60. The highest BCUT2D eigenvalue weighted by Crippen LogP contribution is 2.10. The average Bonchev–Trinajstić information content (AvgIpc) is 2.36. The van der Waals surface area contributed by atoms with E-state index in [-0.39, 0.29) is 12.6 Å². The van der Waals surface area contributed by atoms with Crippen LogP contribution >= 0.6 is 0 Å². The zero-order valence-electron chi connectivity index (χ0n) is 6.57. The van der Waals surface area contributed by atoms with Crippen molar-refractivity contribution in [2.75, 3.05) is 6.61 Å². The van der Waals surface area contributed by atoms with E-state index in [2.05, 4.69) is 5.10 Å². The van der Waals surface area contributed by atoms with Crippen molar-refractivity contribution < 1.29 is 5.11 Å². The number of nitrogens with zero attached hydrogens (tertiary/aromatic N) is 2. The molecule has 0 amide bonds. The maximum Gasteiger partial charge on any atom is 0.0537 e. The predicted molar refractivity (Wildman–Crippen MR) is 41.8 cm³/mol. The van der Waals surface area contributed by atoms with Crippen molar-refractivity contribution in [2.45, 2.75) is 12.5 Å². The van der Waals surface area contributed by atoms with E-state index >= 15 is 0 Å². The van der Waals surface area contributed by atoms with Crippen LogP contribution in [0.25, 0.3) is 0 Å². The fraction of sp³-hybridized carbons (Fsp3) is 0.571. The van der Waals surface area contributed by atoms with Crippen LogP contribution in [0.3, 0.4) is 0 Å². The van der Waals surface area contributed by atoms with Gasteiger partial charge in [0.25, 0.3) is 0 Å². The molecule has 0 unspecified atom stereocenters. The minimum absolute atomic E-state index is 0.0892. The Morgan fingerprint density at radius 2 is 2.55 bits per heavy atom. The number of hydrogen-bond acceptors (Lipinski definition) is 3. The van der Waals surface area contributed by atoms with Gasteiger partial charge in [-0.1, -0.05) is 0 Å². The fourth-order valence-electron chi connectivity index (χ4n) is 0.937. The van der Waals surface area contributed by atoms with Crippen LogP contribution in [-0.2, 0) is 7.05 Å². The molecule has 4 heteroatoms. The summed E-state index contributed by atoms with van der Waals surface area (Å²) < 4.78 is 1.70. The van der Waals surface area contributed by atoms with E-state index in [4.69, 9.17) is 10.8 Å². The highest BCUT2D eigenvalue weighted by molar-refractivity contribution is 5.08. The van der Waals surface area contributed by atoms with Gasteiger partial charge >= 0.3 is 0 Å². The molecule has 3 N–H and O–H groups in total. The van der Waals surface area contributed by atoms with Crippen molar-refractivity contribution in [2.24, 2.45) is 12.8 Å². The van der Waals surface area contributed by atoms with Crippen molar-refractivity contribution in [1.82, 2.24) is 9.78 Å². The minimum atomic E-state index is -0.0892. The molecule has 1 heterocycles. The lowest BCUT2D eigenvalue weighted by molar-refractivity contribution is 0.276. The second kappa shape index (κ2) is 3.50. The second-order valence-electron chi connectivity index (χ2n) is 2.57. The third-order valence-corrected chi connectivity index (χ3v) is 1.59. The van der Waals surface area contributed by atoms with Gasteiger partial charge in [-0.25, -0.2) is 0 Å². The molecule has 1 aromatic heterocycles. The quantitative estimate of drug-likeness (QED) is 0.635. The molecular formula is C7H13N3O. The monoisotopic (exact) mass is 155 g/mol. The highest BCUT2D eigenvalue weighted by Gasteiger charge is 2.05. The number of aromatic nitrogens is 2. The third-order valence-electron chi connectivity index (χ3n) is 1.59. The normalized spacial score (nSPS) is 13.4. The fourth-order valence-corrected chi connectivity index (χ4v) is 0.937.